The second kappa shape index (κ2) is 12.4. The molecule has 0 spiro atoms. The summed E-state index contributed by atoms with van der Waals surface area (Å²) in [7, 11) is 0. The lowest BCUT2D eigenvalue weighted by molar-refractivity contribution is 0.443. The van der Waals surface area contributed by atoms with Crippen LogP contribution in [0.5, 0.6) is 0 Å². The first-order valence-electron chi connectivity index (χ1n) is 10.4. The molecular formula is C26H36. The normalized spacial score (nSPS) is 13.3. The van der Waals surface area contributed by atoms with E-state index in [1.807, 2.05) is 27.7 Å². The van der Waals surface area contributed by atoms with Crippen LogP contribution >= 0.6 is 0 Å². The van der Waals surface area contributed by atoms with Crippen molar-refractivity contribution in [3.63, 3.8) is 0 Å². The van der Waals surface area contributed by atoms with E-state index in [0.717, 1.165) is 17.0 Å². The standard InChI is InChI=1S/C22H24.2C2H6/c1-17-8-10-19(11-9-17)12-13-20-14-15-22(16-18(20)2)21-6-4-3-5-7-21;2*1-2/h8-11,14-16,21H,3-7H2,1-2H3;2*1-2H3. The molecule has 0 aliphatic heterocycles. The van der Waals surface area contributed by atoms with Crippen molar-refractivity contribution in [1.29, 1.82) is 0 Å². The van der Waals surface area contributed by atoms with Gasteiger partial charge in [0.05, 0.1) is 0 Å². The van der Waals surface area contributed by atoms with Crippen molar-refractivity contribution in [2.24, 2.45) is 0 Å². The van der Waals surface area contributed by atoms with Crippen LogP contribution in [-0.2, 0) is 0 Å². The fraction of sp³-hybridized carbons (Fsp3) is 0.462. The zero-order valence-electron chi connectivity index (χ0n) is 17.7. The van der Waals surface area contributed by atoms with Crippen LogP contribution in [-0.4, -0.2) is 0 Å². The minimum Gasteiger partial charge on any atom is -0.0683 e. The first kappa shape index (κ1) is 22.0. The number of benzene rings is 2. The van der Waals surface area contributed by atoms with Crippen LogP contribution in [0.3, 0.4) is 0 Å². The molecule has 0 atom stereocenters. The molecule has 26 heavy (non-hydrogen) atoms. The molecule has 0 aromatic heterocycles. The zero-order chi connectivity index (χ0) is 19.4. The van der Waals surface area contributed by atoms with Crippen LogP contribution in [0.4, 0.5) is 0 Å². The van der Waals surface area contributed by atoms with Crippen molar-refractivity contribution in [3.8, 4) is 11.8 Å². The Hall–Kier alpha value is -2.00. The largest absolute Gasteiger partial charge is 0.0683 e. The number of rotatable bonds is 1. The average Bonchev–Trinajstić information content (AvgIpc) is 2.72. The molecule has 0 saturated heterocycles. The number of aryl methyl sites for hydroxylation is 2. The van der Waals surface area contributed by atoms with Crippen LogP contribution in [0, 0.1) is 25.7 Å². The Bertz CT molecular complexity index is 689. The van der Waals surface area contributed by atoms with Gasteiger partial charge in [0.2, 0.25) is 0 Å². The molecule has 1 aliphatic rings. The lowest BCUT2D eigenvalue weighted by Crippen LogP contribution is -2.04. The molecule has 0 N–H and O–H groups in total. The molecule has 0 nitrogen and oxygen atoms in total. The van der Waals surface area contributed by atoms with Gasteiger partial charge in [-0.25, -0.2) is 0 Å². The molecular weight excluding hydrogens is 312 g/mol. The molecule has 140 valence electrons. The predicted molar refractivity (Wildman–Crippen MR) is 117 cm³/mol. The second-order valence-corrected chi connectivity index (χ2v) is 6.53. The third-order valence-electron chi connectivity index (χ3n) is 4.72. The maximum Gasteiger partial charge on any atom is 0.0278 e. The molecule has 2 aromatic carbocycles. The van der Waals surface area contributed by atoms with Crippen molar-refractivity contribution in [2.45, 2.75) is 79.6 Å². The topological polar surface area (TPSA) is 0 Å². The van der Waals surface area contributed by atoms with Crippen LogP contribution in [0.1, 0.15) is 93.5 Å². The van der Waals surface area contributed by atoms with Crippen LogP contribution in [0.25, 0.3) is 0 Å². The fourth-order valence-electron chi connectivity index (χ4n) is 3.29. The summed E-state index contributed by atoms with van der Waals surface area (Å²) in [5.41, 5.74) is 6.33. The maximum absolute atomic E-state index is 3.33. The number of hydrogen-bond acceptors (Lipinski definition) is 0. The average molecular weight is 349 g/mol. The Morgan fingerprint density at radius 2 is 1.35 bits per heavy atom. The lowest BCUT2D eigenvalue weighted by atomic mass is 9.83. The van der Waals surface area contributed by atoms with E-state index in [2.05, 4.69) is 68.2 Å². The highest BCUT2D eigenvalue weighted by atomic mass is 14.2. The summed E-state index contributed by atoms with van der Waals surface area (Å²) in [6.45, 7) is 12.3. The van der Waals surface area contributed by atoms with Gasteiger partial charge in [-0.1, -0.05) is 88.6 Å². The van der Waals surface area contributed by atoms with E-state index in [1.54, 1.807) is 0 Å². The Morgan fingerprint density at radius 3 is 1.92 bits per heavy atom. The van der Waals surface area contributed by atoms with E-state index in [0.29, 0.717) is 0 Å². The lowest BCUT2D eigenvalue weighted by Gasteiger charge is -2.22. The van der Waals surface area contributed by atoms with Crippen molar-refractivity contribution in [3.05, 3.63) is 70.3 Å². The van der Waals surface area contributed by atoms with E-state index >= 15 is 0 Å². The monoisotopic (exact) mass is 348 g/mol. The van der Waals surface area contributed by atoms with Gasteiger partial charge in [-0.05, 0) is 61.9 Å². The fourth-order valence-corrected chi connectivity index (χ4v) is 3.29. The zero-order valence-corrected chi connectivity index (χ0v) is 17.7. The Balaban J connectivity index is 0.000000791. The minimum absolute atomic E-state index is 0.770. The SMILES string of the molecule is CC.CC.Cc1ccc(C#Cc2ccc(C3CCCCC3)cc2C)cc1. The van der Waals surface area contributed by atoms with Crippen LogP contribution < -0.4 is 0 Å². The summed E-state index contributed by atoms with van der Waals surface area (Å²) in [5, 5.41) is 0. The van der Waals surface area contributed by atoms with Gasteiger partial charge in [-0.3, -0.25) is 0 Å². The third-order valence-corrected chi connectivity index (χ3v) is 4.72. The molecule has 0 heteroatoms. The summed E-state index contributed by atoms with van der Waals surface area (Å²) < 4.78 is 0. The van der Waals surface area contributed by atoms with Gasteiger partial charge in [0.25, 0.3) is 0 Å². The molecule has 0 bridgehead atoms. The summed E-state index contributed by atoms with van der Waals surface area (Å²) in [5.74, 6) is 7.38. The Kier molecular flexibility index (Phi) is 10.5. The predicted octanol–water partition coefficient (Wildman–Crippen LogP) is 7.80. The molecule has 1 fully saturated rings. The van der Waals surface area contributed by atoms with Crippen LogP contribution in [0.15, 0.2) is 42.5 Å². The van der Waals surface area contributed by atoms with Crippen molar-refractivity contribution < 1.29 is 0 Å². The second-order valence-electron chi connectivity index (χ2n) is 6.53. The Morgan fingerprint density at radius 1 is 0.731 bits per heavy atom. The molecule has 1 saturated carbocycles. The first-order valence-corrected chi connectivity index (χ1v) is 10.4. The van der Waals surface area contributed by atoms with E-state index in [4.69, 9.17) is 0 Å². The smallest absolute Gasteiger partial charge is 0.0278 e. The molecule has 3 rings (SSSR count). The van der Waals surface area contributed by atoms with Gasteiger partial charge in [-0.15, -0.1) is 0 Å². The first-order chi connectivity index (χ1) is 12.7. The highest BCUT2D eigenvalue weighted by molar-refractivity contribution is 5.48. The van der Waals surface area contributed by atoms with Crippen LogP contribution in [0.2, 0.25) is 0 Å². The molecule has 2 aromatic rings. The highest BCUT2D eigenvalue weighted by Crippen LogP contribution is 2.33. The van der Waals surface area contributed by atoms with E-state index in [9.17, 15) is 0 Å². The summed E-state index contributed by atoms with van der Waals surface area (Å²) in [6, 6.07) is 15.3. The number of hydrogen-bond donors (Lipinski definition) is 0. The van der Waals surface area contributed by atoms with Gasteiger partial charge in [-0.2, -0.15) is 0 Å². The van der Waals surface area contributed by atoms with Gasteiger partial charge < -0.3 is 0 Å². The van der Waals surface area contributed by atoms with E-state index in [1.165, 1.54) is 48.8 Å². The van der Waals surface area contributed by atoms with Crippen molar-refractivity contribution in [2.75, 3.05) is 0 Å². The molecule has 0 radical (unpaired) electrons. The maximum atomic E-state index is 3.33. The molecule has 0 unspecified atom stereocenters. The van der Waals surface area contributed by atoms with Gasteiger partial charge in [0.15, 0.2) is 0 Å². The van der Waals surface area contributed by atoms with Gasteiger partial charge >= 0.3 is 0 Å². The molecule has 1 aliphatic carbocycles. The van der Waals surface area contributed by atoms with Crippen molar-refractivity contribution in [1.82, 2.24) is 0 Å². The highest BCUT2D eigenvalue weighted by Gasteiger charge is 2.15. The molecule has 0 amide bonds. The minimum atomic E-state index is 0.770. The summed E-state index contributed by atoms with van der Waals surface area (Å²) >= 11 is 0. The quantitative estimate of drug-likeness (QED) is 0.461. The van der Waals surface area contributed by atoms with Gasteiger partial charge in [0, 0.05) is 11.1 Å². The summed E-state index contributed by atoms with van der Waals surface area (Å²) in [4.78, 5) is 0. The Labute approximate surface area is 162 Å². The summed E-state index contributed by atoms with van der Waals surface area (Å²) in [6.07, 6.45) is 6.90. The van der Waals surface area contributed by atoms with E-state index in [-0.39, 0.29) is 0 Å². The van der Waals surface area contributed by atoms with Gasteiger partial charge in [0.1, 0.15) is 0 Å². The van der Waals surface area contributed by atoms with Crippen molar-refractivity contribution >= 4 is 0 Å². The van der Waals surface area contributed by atoms with E-state index < -0.39 is 0 Å². The third kappa shape index (κ3) is 6.72. The molecule has 0 heterocycles.